The van der Waals surface area contributed by atoms with Crippen LogP contribution in [-0.4, -0.2) is 50.8 Å². The predicted molar refractivity (Wildman–Crippen MR) is 159 cm³/mol. The molecule has 1 amide bonds. The first-order chi connectivity index (χ1) is 20.2. The Bertz CT molecular complexity index is 1420. The first-order valence-corrected chi connectivity index (χ1v) is 13.3. The third-order valence-corrected chi connectivity index (χ3v) is 6.17. The summed E-state index contributed by atoms with van der Waals surface area (Å²) in [6.07, 6.45) is 10.1. The number of aromatic nitrogens is 4. The van der Waals surface area contributed by atoms with Gasteiger partial charge in [0.2, 0.25) is 0 Å². The van der Waals surface area contributed by atoms with Crippen LogP contribution in [0.25, 0.3) is 11.4 Å². The molecule has 2 aromatic heterocycles. The van der Waals surface area contributed by atoms with Gasteiger partial charge in [0, 0.05) is 12.7 Å². The Kier molecular flexibility index (Phi) is 12.9. The van der Waals surface area contributed by atoms with Crippen LogP contribution < -0.4 is 5.73 Å². The zero-order valence-electron chi connectivity index (χ0n) is 24.3. The van der Waals surface area contributed by atoms with E-state index in [1.807, 2.05) is 51.1 Å². The van der Waals surface area contributed by atoms with E-state index in [4.69, 9.17) is 10.7 Å². The summed E-state index contributed by atoms with van der Waals surface area (Å²) in [5, 5.41) is 4.63. The Morgan fingerprint density at radius 1 is 1.02 bits per heavy atom. The highest BCUT2D eigenvalue weighted by Crippen LogP contribution is 2.39. The fourth-order valence-corrected chi connectivity index (χ4v) is 4.45. The molecule has 2 N–H and O–H groups in total. The van der Waals surface area contributed by atoms with Crippen molar-refractivity contribution in [3.8, 4) is 24.2 Å². The van der Waals surface area contributed by atoms with Gasteiger partial charge in [-0.25, -0.2) is 18.4 Å². The summed E-state index contributed by atoms with van der Waals surface area (Å²) in [5.41, 5.74) is 6.52. The number of amides is 1. The Labute approximate surface area is 245 Å². The molecule has 0 unspecified atom stereocenters. The lowest BCUT2D eigenvalue weighted by Crippen LogP contribution is -2.44. The largest absolute Gasteiger partial charge is 0.330 e. The smallest absolute Gasteiger partial charge is 0.273 e. The van der Waals surface area contributed by atoms with Crippen LogP contribution >= 0.6 is 0 Å². The van der Waals surface area contributed by atoms with E-state index in [-0.39, 0.29) is 17.3 Å². The van der Waals surface area contributed by atoms with Crippen molar-refractivity contribution >= 4 is 5.91 Å². The number of hydrogen-bond acceptors (Lipinski definition) is 5. The van der Waals surface area contributed by atoms with Gasteiger partial charge in [-0.3, -0.25) is 14.2 Å². The molecular weight excluding hydrogens is 541 g/mol. The van der Waals surface area contributed by atoms with Crippen molar-refractivity contribution in [2.75, 3.05) is 20.3 Å². The number of carbonyl (C=O) groups excluding carboxylic acids is 1. The number of pyridine rings is 1. The quantitative estimate of drug-likeness (QED) is 0.243. The number of benzene rings is 2. The van der Waals surface area contributed by atoms with Crippen molar-refractivity contribution in [2.24, 2.45) is 11.1 Å². The first-order valence-electron chi connectivity index (χ1n) is 13.3. The molecule has 0 radical (unpaired) electrons. The lowest BCUT2D eigenvalue weighted by Gasteiger charge is -2.39. The summed E-state index contributed by atoms with van der Waals surface area (Å²) in [4.78, 5) is 24.6. The average molecular weight is 579 g/mol. The number of alkyl halides is 1. The van der Waals surface area contributed by atoms with E-state index in [1.165, 1.54) is 0 Å². The third kappa shape index (κ3) is 8.51. The summed E-state index contributed by atoms with van der Waals surface area (Å²) < 4.78 is 40.1. The van der Waals surface area contributed by atoms with Crippen molar-refractivity contribution in [1.82, 2.24) is 24.6 Å². The van der Waals surface area contributed by atoms with E-state index in [9.17, 15) is 18.0 Å². The number of terminal acetylenes is 1. The van der Waals surface area contributed by atoms with Gasteiger partial charge in [0.25, 0.3) is 5.91 Å². The molecule has 1 atom stereocenters. The van der Waals surface area contributed by atoms with E-state index in [0.717, 1.165) is 23.8 Å². The first kappa shape index (κ1) is 33.7. The van der Waals surface area contributed by atoms with Gasteiger partial charge in [0.15, 0.2) is 11.6 Å². The van der Waals surface area contributed by atoms with Crippen molar-refractivity contribution in [1.29, 1.82) is 0 Å². The van der Waals surface area contributed by atoms with Gasteiger partial charge in [0.1, 0.15) is 17.3 Å². The Morgan fingerprint density at radius 2 is 1.69 bits per heavy atom. The molecule has 0 aliphatic heterocycles. The second kappa shape index (κ2) is 16.1. The van der Waals surface area contributed by atoms with Crippen LogP contribution in [0.1, 0.15) is 55.1 Å². The molecule has 42 heavy (non-hydrogen) atoms. The van der Waals surface area contributed by atoms with Crippen LogP contribution in [0.3, 0.4) is 0 Å². The number of carbonyl (C=O) groups is 1. The normalized spacial score (nSPS) is 11.4. The predicted octanol–water partition coefficient (Wildman–Crippen LogP) is 6.08. The van der Waals surface area contributed by atoms with E-state index >= 15 is 0 Å². The van der Waals surface area contributed by atoms with Gasteiger partial charge in [-0.05, 0) is 54.3 Å². The van der Waals surface area contributed by atoms with Crippen LogP contribution in [0, 0.1) is 29.9 Å². The number of hydrogen-bond donors (Lipinski definition) is 1. The summed E-state index contributed by atoms with van der Waals surface area (Å²) in [6, 6.07) is 17.4. The molecule has 222 valence electrons. The summed E-state index contributed by atoms with van der Waals surface area (Å²) in [5.74, 6) is -0.990. The second-order valence-corrected chi connectivity index (χ2v) is 10.2. The van der Waals surface area contributed by atoms with Crippen LogP contribution in [0.4, 0.5) is 13.2 Å². The number of halogens is 3. The van der Waals surface area contributed by atoms with E-state index < -0.39 is 23.1 Å². The molecule has 0 spiro atoms. The molecule has 0 saturated heterocycles. The standard InChI is InChI=1S/C29H32F2N6O.C2H2.CH3F/c1-29(2,3)25(36(17-9-15-32)28(38)24-12-7-8-16-33-24)27-34-26(22-18-21(30)13-14-23(22)31)35-37(27)19-20-10-5-4-6-11-20;2*1-2/h4-8,10-14,16,18,25H,9,15,17,19,32H2,1-3H3;1-2H;1H3/t25-;;/m0../s1. The highest BCUT2D eigenvalue weighted by atomic mass is 19.1. The minimum absolute atomic E-state index is 0.0460. The molecule has 4 rings (SSSR count). The van der Waals surface area contributed by atoms with Crippen LogP contribution in [-0.2, 0) is 6.54 Å². The average Bonchev–Trinajstić information content (AvgIpc) is 3.40. The molecule has 2 aromatic carbocycles. The molecule has 7 nitrogen and oxygen atoms in total. The number of rotatable bonds is 9. The van der Waals surface area contributed by atoms with E-state index in [0.29, 0.717) is 44.8 Å². The lowest BCUT2D eigenvalue weighted by atomic mass is 9.84. The zero-order chi connectivity index (χ0) is 31.3. The molecule has 0 fully saturated rings. The van der Waals surface area contributed by atoms with Crippen LogP contribution in [0.15, 0.2) is 72.9 Å². The maximum atomic E-state index is 14.8. The highest BCUT2D eigenvalue weighted by Gasteiger charge is 2.39. The van der Waals surface area contributed by atoms with Crippen molar-refractivity contribution in [3.05, 3.63) is 102 Å². The highest BCUT2D eigenvalue weighted by molar-refractivity contribution is 5.92. The fourth-order valence-electron chi connectivity index (χ4n) is 4.45. The topological polar surface area (TPSA) is 89.9 Å². The molecule has 0 bridgehead atoms. The summed E-state index contributed by atoms with van der Waals surface area (Å²) in [6.45, 7) is 7.08. The molecule has 4 aromatic rings. The SMILES string of the molecule is C#C.CC(C)(C)[C@H](c1nc(-c2cc(F)ccc2F)nn1Cc1ccccc1)N(CCCN)C(=O)c1ccccn1.CF. The molecule has 2 heterocycles. The van der Waals surface area contributed by atoms with Crippen molar-refractivity contribution in [3.63, 3.8) is 0 Å². The van der Waals surface area contributed by atoms with E-state index in [2.05, 4.69) is 22.9 Å². The van der Waals surface area contributed by atoms with E-state index in [1.54, 1.807) is 34.0 Å². The Morgan fingerprint density at radius 3 is 2.29 bits per heavy atom. The minimum atomic E-state index is -0.633. The van der Waals surface area contributed by atoms with Gasteiger partial charge in [-0.1, -0.05) is 57.2 Å². The summed E-state index contributed by atoms with van der Waals surface area (Å²) in [7, 11) is 0.500. The van der Waals surface area contributed by atoms with Crippen molar-refractivity contribution in [2.45, 2.75) is 39.8 Å². The van der Waals surface area contributed by atoms with Crippen molar-refractivity contribution < 1.29 is 18.0 Å². The molecular formula is C32H37F3N6O. The Hall–Kier alpha value is -4.49. The monoisotopic (exact) mass is 578 g/mol. The van der Waals surface area contributed by atoms with Gasteiger partial charge < -0.3 is 10.6 Å². The van der Waals surface area contributed by atoms with Crippen LogP contribution in [0.2, 0.25) is 0 Å². The molecule has 0 aliphatic rings. The van der Waals surface area contributed by atoms with Gasteiger partial charge in [-0.2, -0.15) is 5.10 Å². The Balaban J connectivity index is 0.00000148. The number of nitrogens with two attached hydrogens (primary N) is 1. The zero-order valence-corrected chi connectivity index (χ0v) is 24.3. The number of nitrogens with zero attached hydrogens (tertiary/aromatic N) is 5. The van der Waals surface area contributed by atoms with Gasteiger partial charge >= 0.3 is 0 Å². The second-order valence-electron chi connectivity index (χ2n) is 10.2. The maximum Gasteiger partial charge on any atom is 0.273 e. The van der Waals surface area contributed by atoms with Gasteiger partial charge in [-0.15, -0.1) is 12.8 Å². The third-order valence-electron chi connectivity index (χ3n) is 6.17. The minimum Gasteiger partial charge on any atom is -0.330 e. The van der Waals surface area contributed by atoms with Crippen LogP contribution in [0.5, 0.6) is 0 Å². The van der Waals surface area contributed by atoms with Gasteiger partial charge in [0.05, 0.1) is 25.3 Å². The lowest BCUT2D eigenvalue weighted by molar-refractivity contribution is 0.0474. The fraction of sp³-hybridized carbons (Fsp3) is 0.312. The maximum absolute atomic E-state index is 14.8. The molecule has 0 aliphatic carbocycles. The summed E-state index contributed by atoms with van der Waals surface area (Å²) >= 11 is 0. The molecule has 10 heteroatoms. The molecule has 0 saturated carbocycles.